The van der Waals surface area contributed by atoms with Gasteiger partial charge in [-0.05, 0) is 50.8 Å². The second-order valence-electron chi connectivity index (χ2n) is 7.68. The van der Waals surface area contributed by atoms with E-state index in [1.807, 2.05) is 45.0 Å². The quantitative estimate of drug-likeness (QED) is 0.402. The van der Waals surface area contributed by atoms with Crippen molar-refractivity contribution in [3.05, 3.63) is 29.8 Å². The summed E-state index contributed by atoms with van der Waals surface area (Å²) >= 11 is 0. The van der Waals surface area contributed by atoms with Gasteiger partial charge in [0.15, 0.2) is 5.96 Å². The molecule has 3 atom stereocenters. The molecule has 0 radical (unpaired) electrons. The van der Waals surface area contributed by atoms with Crippen LogP contribution in [0.25, 0.3) is 0 Å². The number of hydrogen-bond donors (Lipinski definition) is 4. The molecule has 0 saturated heterocycles. The number of urea groups is 1. The van der Waals surface area contributed by atoms with Gasteiger partial charge in [0.25, 0.3) is 0 Å². The zero-order valence-corrected chi connectivity index (χ0v) is 18.8. The van der Waals surface area contributed by atoms with Gasteiger partial charge in [0, 0.05) is 53.2 Å². The summed E-state index contributed by atoms with van der Waals surface area (Å²) in [4.78, 5) is 16.1. The second kappa shape index (κ2) is 11.8. The molecule has 8 heteroatoms. The van der Waals surface area contributed by atoms with E-state index in [1.165, 1.54) is 0 Å². The highest BCUT2D eigenvalue weighted by atomic mass is 32.2. The van der Waals surface area contributed by atoms with Gasteiger partial charge in [-0.3, -0.25) is 9.20 Å². The highest BCUT2D eigenvalue weighted by Crippen LogP contribution is 2.23. The minimum atomic E-state index is -0.729. The van der Waals surface area contributed by atoms with E-state index < -0.39 is 10.8 Å². The zero-order valence-electron chi connectivity index (χ0n) is 18.0. The van der Waals surface area contributed by atoms with E-state index in [1.54, 1.807) is 7.05 Å². The summed E-state index contributed by atoms with van der Waals surface area (Å²) in [5.74, 6) is 1.49. The van der Waals surface area contributed by atoms with Crippen molar-refractivity contribution >= 4 is 28.5 Å². The summed E-state index contributed by atoms with van der Waals surface area (Å²) in [7, 11) is 1.03. The highest BCUT2D eigenvalue weighted by molar-refractivity contribution is 7.85. The fourth-order valence-electron chi connectivity index (χ4n) is 3.46. The second-order valence-corrected chi connectivity index (χ2v) is 9.68. The average molecular weight is 422 g/mol. The van der Waals surface area contributed by atoms with Crippen LogP contribution >= 0.6 is 0 Å². The smallest absolute Gasteiger partial charge is 0.319 e. The lowest BCUT2D eigenvalue weighted by Crippen LogP contribution is -2.46. The number of guanidine groups is 1. The summed E-state index contributed by atoms with van der Waals surface area (Å²) in [5, 5.41) is 12.7. The molecule has 0 aromatic heterocycles. The molecule has 0 spiro atoms. The van der Waals surface area contributed by atoms with Crippen LogP contribution in [0.2, 0.25) is 0 Å². The molecule has 1 saturated carbocycles. The Morgan fingerprint density at radius 2 is 1.97 bits per heavy atom. The molecule has 1 aromatic carbocycles. The summed E-state index contributed by atoms with van der Waals surface area (Å²) in [6.45, 7) is 6.47. The Kier molecular flexibility index (Phi) is 9.44. The molecule has 29 heavy (non-hydrogen) atoms. The summed E-state index contributed by atoms with van der Waals surface area (Å²) in [6, 6.07) is 7.93. The summed E-state index contributed by atoms with van der Waals surface area (Å²) < 4.78 is 12.1. The minimum Gasteiger partial charge on any atom is -0.354 e. The molecule has 0 heterocycles. The third kappa shape index (κ3) is 8.04. The van der Waals surface area contributed by atoms with Crippen LogP contribution in [-0.2, 0) is 17.3 Å². The molecule has 1 aliphatic rings. The van der Waals surface area contributed by atoms with Crippen LogP contribution in [-0.4, -0.2) is 46.3 Å². The Bertz CT molecular complexity index is 706. The standard InChI is InChI=1S/C21H35N5O2S/c1-5-29(28)19-8-6-7-18(13-19)25-20(22-4)23-14-16-9-11-17(12-10-16)26-21(27)24-15(2)3/h9-12,15,18-19H,5-8,13-14H2,1-4H3,(H2,22,23,25)(H2,24,26,27). The van der Waals surface area contributed by atoms with Crippen LogP contribution in [0.15, 0.2) is 29.3 Å². The highest BCUT2D eigenvalue weighted by Gasteiger charge is 2.26. The molecule has 3 unspecified atom stereocenters. The van der Waals surface area contributed by atoms with Crippen molar-refractivity contribution in [3.63, 3.8) is 0 Å². The Morgan fingerprint density at radius 1 is 1.24 bits per heavy atom. The molecule has 2 rings (SSSR count). The number of amides is 2. The number of carbonyl (C=O) groups is 1. The Hall–Kier alpha value is -2.09. The van der Waals surface area contributed by atoms with Crippen molar-refractivity contribution in [1.82, 2.24) is 16.0 Å². The Morgan fingerprint density at radius 3 is 2.59 bits per heavy atom. The average Bonchev–Trinajstić information content (AvgIpc) is 2.71. The van der Waals surface area contributed by atoms with Crippen molar-refractivity contribution in [2.24, 2.45) is 4.99 Å². The maximum Gasteiger partial charge on any atom is 0.319 e. The molecule has 1 fully saturated rings. The van der Waals surface area contributed by atoms with E-state index in [9.17, 15) is 9.00 Å². The molecular weight excluding hydrogens is 386 g/mol. The van der Waals surface area contributed by atoms with E-state index in [0.29, 0.717) is 12.6 Å². The SMILES string of the molecule is CCS(=O)C1CCCC(NC(=NC)NCc2ccc(NC(=O)NC(C)C)cc2)C1. The van der Waals surface area contributed by atoms with Gasteiger partial charge >= 0.3 is 6.03 Å². The number of benzene rings is 1. The Balaban J connectivity index is 1.81. The number of anilines is 1. The van der Waals surface area contributed by atoms with Gasteiger partial charge in [-0.25, -0.2) is 4.79 Å². The number of carbonyl (C=O) groups excluding carboxylic acids is 1. The number of rotatable bonds is 7. The van der Waals surface area contributed by atoms with E-state index in [0.717, 1.165) is 48.6 Å². The predicted octanol–water partition coefficient (Wildman–Crippen LogP) is 2.96. The first kappa shape index (κ1) is 23.2. The Labute approximate surface area is 177 Å². The first-order chi connectivity index (χ1) is 13.9. The van der Waals surface area contributed by atoms with Gasteiger partial charge < -0.3 is 21.3 Å². The fraction of sp³-hybridized carbons (Fsp3) is 0.619. The lowest BCUT2D eigenvalue weighted by Gasteiger charge is -2.30. The number of nitrogens with one attached hydrogen (secondary N) is 4. The molecule has 7 nitrogen and oxygen atoms in total. The third-order valence-corrected chi connectivity index (χ3v) is 6.68. The summed E-state index contributed by atoms with van der Waals surface area (Å²) in [6.07, 6.45) is 4.17. The molecule has 1 aliphatic carbocycles. The van der Waals surface area contributed by atoms with Crippen molar-refractivity contribution in [2.75, 3.05) is 18.1 Å². The first-order valence-corrected chi connectivity index (χ1v) is 11.8. The van der Waals surface area contributed by atoms with Crippen molar-refractivity contribution in [1.29, 1.82) is 0 Å². The van der Waals surface area contributed by atoms with Gasteiger partial charge in [0.1, 0.15) is 0 Å². The van der Waals surface area contributed by atoms with Gasteiger partial charge in [-0.15, -0.1) is 0 Å². The number of aliphatic imine (C=N–C) groups is 1. The third-order valence-electron chi connectivity index (χ3n) is 4.94. The normalized spacial score (nSPS) is 20.8. The maximum absolute atomic E-state index is 12.1. The lowest BCUT2D eigenvalue weighted by molar-refractivity contribution is 0.250. The summed E-state index contributed by atoms with van der Waals surface area (Å²) in [5.41, 5.74) is 1.85. The van der Waals surface area contributed by atoms with Crippen molar-refractivity contribution < 1.29 is 9.00 Å². The minimum absolute atomic E-state index is 0.0964. The van der Waals surface area contributed by atoms with Gasteiger partial charge in [0.05, 0.1) is 0 Å². The van der Waals surface area contributed by atoms with Crippen LogP contribution in [0.3, 0.4) is 0 Å². The largest absolute Gasteiger partial charge is 0.354 e. The van der Waals surface area contributed by atoms with Crippen LogP contribution in [0.5, 0.6) is 0 Å². The topological polar surface area (TPSA) is 94.6 Å². The molecule has 1 aromatic rings. The molecule has 0 bridgehead atoms. The number of hydrogen-bond acceptors (Lipinski definition) is 3. The zero-order chi connectivity index (χ0) is 21.2. The van der Waals surface area contributed by atoms with Crippen LogP contribution in [0.1, 0.15) is 52.0 Å². The van der Waals surface area contributed by atoms with Crippen LogP contribution in [0, 0.1) is 0 Å². The monoisotopic (exact) mass is 421 g/mol. The van der Waals surface area contributed by atoms with Crippen LogP contribution in [0.4, 0.5) is 10.5 Å². The molecule has 0 aliphatic heterocycles. The predicted molar refractivity (Wildman–Crippen MR) is 122 cm³/mol. The fourth-order valence-corrected chi connectivity index (χ4v) is 4.81. The number of nitrogens with zero attached hydrogens (tertiary/aromatic N) is 1. The maximum atomic E-state index is 12.1. The van der Waals surface area contributed by atoms with Gasteiger partial charge in [-0.1, -0.05) is 25.5 Å². The molecule has 2 amide bonds. The van der Waals surface area contributed by atoms with E-state index in [4.69, 9.17) is 0 Å². The van der Waals surface area contributed by atoms with Gasteiger partial charge in [-0.2, -0.15) is 0 Å². The first-order valence-electron chi connectivity index (χ1n) is 10.4. The van der Waals surface area contributed by atoms with E-state index in [-0.39, 0.29) is 17.3 Å². The van der Waals surface area contributed by atoms with Crippen LogP contribution < -0.4 is 21.3 Å². The molecular formula is C21H35N5O2S. The van der Waals surface area contributed by atoms with E-state index in [2.05, 4.69) is 26.3 Å². The van der Waals surface area contributed by atoms with Crippen molar-refractivity contribution in [2.45, 2.75) is 70.3 Å². The van der Waals surface area contributed by atoms with E-state index >= 15 is 0 Å². The molecule has 162 valence electrons. The van der Waals surface area contributed by atoms with Crippen molar-refractivity contribution in [3.8, 4) is 0 Å². The lowest BCUT2D eigenvalue weighted by atomic mass is 9.95. The van der Waals surface area contributed by atoms with Gasteiger partial charge in [0.2, 0.25) is 0 Å². The molecule has 4 N–H and O–H groups in total.